The van der Waals surface area contributed by atoms with Gasteiger partial charge in [0.15, 0.2) is 0 Å². The topological polar surface area (TPSA) is 12.0 Å². The van der Waals surface area contributed by atoms with Gasteiger partial charge in [0.25, 0.3) is 0 Å². The van der Waals surface area contributed by atoms with Crippen LogP contribution in [0.4, 0.5) is 5.69 Å². The van der Waals surface area contributed by atoms with E-state index < -0.39 is 0 Å². The van der Waals surface area contributed by atoms with Crippen molar-refractivity contribution in [2.75, 3.05) is 11.9 Å². The van der Waals surface area contributed by atoms with Crippen molar-refractivity contribution >= 4 is 28.9 Å². The summed E-state index contributed by atoms with van der Waals surface area (Å²) >= 11 is 12.0. The lowest BCUT2D eigenvalue weighted by molar-refractivity contribution is 0.551. The molecule has 1 atom stereocenters. The number of hydrogen-bond donors (Lipinski definition) is 1. The van der Waals surface area contributed by atoms with Gasteiger partial charge in [0.05, 0.1) is 15.7 Å². The molecule has 0 spiro atoms. The van der Waals surface area contributed by atoms with Crippen LogP contribution in [0, 0.1) is 5.92 Å². The molecule has 84 valence electrons. The highest BCUT2D eigenvalue weighted by Crippen LogP contribution is 2.29. The van der Waals surface area contributed by atoms with Crippen LogP contribution in [0.1, 0.15) is 26.7 Å². The van der Waals surface area contributed by atoms with Gasteiger partial charge in [-0.25, -0.2) is 0 Å². The highest BCUT2D eigenvalue weighted by molar-refractivity contribution is 6.43. The second-order valence-corrected chi connectivity index (χ2v) is 4.66. The van der Waals surface area contributed by atoms with Crippen LogP contribution in [-0.2, 0) is 0 Å². The summed E-state index contributed by atoms with van der Waals surface area (Å²) in [5.41, 5.74) is 0.923. The van der Waals surface area contributed by atoms with Gasteiger partial charge >= 0.3 is 0 Å². The molecule has 0 saturated carbocycles. The minimum absolute atomic E-state index is 0.602. The Bertz CT molecular complexity index is 312. The molecule has 0 aliphatic rings. The summed E-state index contributed by atoms with van der Waals surface area (Å²) < 4.78 is 0. The summed E-state index contributed by atoms with van der Waals surface area (Å²) in [5, 5.41) is 4.54. The highest BCUT2D eigenvalue weighted by Gasteiger charge is 2.05. The van der Waals surface area contributed by atoms with E-state index in [9.17, 15) is 0 Å². The summed E-state index contributed by atoms with van der Waals surface area (Å²) in [4.78, 5) is 0. The third-order valence-electron chi connectivity index (χ3n) is 2.37. The Hall–Kier alpha value is -0.400. The maximum atomic E-state index is 6.06. The van der Waals surface area contributed by atoms with Crippen molar-refractivity contribution in [2.45, 2.75) is 26.7 Å². The first-order valence-corrected chi connectivity index (χ1v) is 6.08. The molecule has 0 heterocycles. The average Bonchev–Trinajstić information content (AvgIpc) is 2.21. The number of rotatable bonds is 5. The number of halogens is 2. The fourth-order valence-electron chi connectivity index (χ4n) is 1.52. The van der Waals surface area contributed by atoms with E-state index in [4.69, 9.17) is 23.2 Å². The van der Waals surface area contributed by atoms with E-state index in [-0.39, 0.29) is 0 Å². The zero-order chi connectivity index (χ0) is 11.3. The van der Waals surface area contributed by atoms with E-state index in [0.29, 0.717) is 16.0 Å². The van der Waals surface area contributed by atoms with Crippen LogP contribution in [0.5, 0.6) is 0 Å². The van der Waals surface area contributed by atoms with Gasteiger partial charge in [0, 0.05) is 6.54 Å². The first-order chi connectivity index (χ1) is 7.15. The molecule has 1 aromatic carbocycles. The molecule has 0 amide bonds. The number of benzene rings is 1. The molecule has 0 fully saturated rings. The van der Waals surface area contributed by atoms with Crippen molar-refractivity contribution in [3.63, 3.8) is 0 Å². The van der Waals surface area contributed by atoms with Crippen molar-refractivity contribution in [3.05, 3.63) is 28.2 Å². The van der Waals surface area contributed by atoms with Gasteiger partial charge in [-0.1, -0.05) is 49.5 Å². The van der Waals surface area contributed by atoms with E-state index in [1.54, 1.807) is 6.07 Å². The number of hydrogen-bond acceptors (Lipinski definition) is 1. The second-order valence-electron chi connectivity index (χ2n) is 3.88. The minimum atomic E-state index is 0.602. The van der Waals surface area contributed by atoms with Crippen LogP contribution in [0.3, 0.4) is 0 Å². The summed E-state index contributed by atoms with van der Waals surface area (Å²) in [6.45, 7) is 5.37. The van der Waals surface area contributed by atoms with Crippen molar-refractivity contribution in [3.8, 4) is 0 Å². The average molecular weight is 246 g/mol. The lowest BCUT2D eigenvalue weighted by atomic mass is 10.1. The summed E-state index contributed by atoms with van der Waals surface area (Å²) in [7, 11) is 0. The first-order valence-electron chi connectivity index (χ1n) is 5.33. The van der Waals surface area contributed by atoms with E-state index >= 15 is 0 Å². The molecule has 0 aromatic heterocycles. The molecular formula is C12H17Cl2N. The van der Waals surface area contributed by atoms with Gasteiger partial charge in [-0.05, 0) is 24.5 Å². The molecule has 15 heavy (non-hydrogen) atoms. The maximum Gasteiger partial charge on any atom is 0.0823 e. The maximum absolute atomic E-state index is 6.06. The van der Waals surface area contributed by atoms with E-state index in [1.165, 1.54) is 12.8 Å². The fourth-order valence-corrected chi connectivity index (χ4v) is 1.89. The van der Waals surface area contributed by atoms with Crippen LogP contribution >= 0.6 is 23.2 Å². The van der Waals surface area contributed by atoms with Crippen molar-refractivity contribution in [2.24, 2.45) is 5.92 Å². The summed E-state index contributed by atoms with van der Waals surface area (Å²) in [5.74, 6) is 0.657. The Morgan fingerprint density at radius 1 is 1.33 bits per heavy atom. The van der Waals surface area contributed by atoms with Gasteiger partial charge in [-0.2, -0.15) is 0 Å². The lowest BCUT2D eigenvalue weighted by Crippen LogP contribution is -2.11. The second kappa shape index (κ2) is 6.24. The fraction of sp³-hybridized carbons (Fsp3) is 0.500. The van der Waals surface area contributed by atoms with Crippen LogP contribution in [0.15, 0.2) is 18.2 Å². The van der Waals surface area contributed by atoms with Crippen LogP contribution in [0.2, 0.25) is 10.0 Å². The Balaban J connectivity index is 2.54. The molecule has 0 saturated heterocycles. The largest absolute Gasteiger partial charge is 0.384 e. The third kappa shape index (κ3) is 3.92. The summed E-state index contributed by atoms with van der Waals surface area (Å²) in [6.07, 6.45) is 2.44. The zero-order valence-corrected chi connectivity index (χ0v) is 10.7. The summed E-state index contributed by atoms with van der Waals surface area (Å²) in [6, 6.07) is 5.65. The molecule has 1 aromatic rings. The SMILES string of the molecule is CCCC(C)CNc1cccc(Cl)c1Cl. The monoisotopic (exact) mass is 245 g/mol. The minimum Gasteiger partial charge on any atom is -0.384 e. The standard InChI is InChI=1S/C12H17Cl2N/c1-3-5-9(2)8-15-11-7-4-6-10(13)12(11)14/h4,6-7,9,15H,3,5,8H2,1-2H3. The number of nitrogens with one attached hydrogen (secondary N) is 1. The molecule has 1 nitrogen and oxygen atoms in total. The van der Waals surface area contributed by atoms with Crippen LogP contribution < -0.4 is 5.32 Å². The Morgan fingerprint density at radius 3 is 2.73 bits per heavy atom. The highest BCUT2D eigenvalue weighted by atomic mass is 35.5. The Morgan fingerprint density at radius 2 is 2.07 bits per heavy atom. The smallest absolute Gasteiger partial charge is 0.0823 e. The predicted octanol–water partition coefficient (Wildman–Crippen LogP) is 4.84. The predicted molar refractivity (Wildman–Crippen MR) is 69.0 cm³/mol. The zero-order valence-electron chi connectivity index (χ0n) is 9.19. The van der Waals surface area contributed by atoms with Crippen LogP contribution in [0.25, 0.3) is 0 Å². The van der Waals surface area contributed by atoms with E-state index in [1.807, 2.05) is 12.1 Å². The Labute approximate surface area is 102 Å². The molecule has 1 unspecified atom stereocenters. The van der Waals surface area contributed by atoms with Gasteiger partial charge in [0.1, 0.15) is 0 Å². The molecule has 0 aliphatic carbocycles. The molecular weight excluding hydrogens is 229 g/mol. The van der Waals surface area contributed by atoms with Crippen LogP contribution in [-0.4, -0.2) is 6.54 Å². The normalized spacial score (nSPS) is 12.5. The molecule has 0 radical (unpaired) electrons. The molecule has 1 N–H and O–H groups in total. The van der Waals surface area contributed by atoms with Crippen molar-refractivity contribution < 1.29 is 0 Å². The molecule has 0 bridgehead atoms. The van der Waals surface area contributed by atoms with Crippen molar-refractivity contribution in [1.82, 2.24) is 0 Å². The first kappa shape index (κ1) is 12.7. The third-order valence-corrected chi connectivity index (χ3v) is 3.19. The lowest BCUT2D eigenvalue weighted by Gasteiger charge is -2.13. The molecule has 1 rings (SSSR count). The quantitative estimate of drug-likeness (QED) is 0.783. The molecule has 0 aliphatic heterocycles. The van der Waals surface area contributed by atoms with Gasteiger partial charge in [-0.3, -0.25) is 0 Å². The Kier molecular flexibility index (Phi) is 5.27. The molecule has 3 heteroatoms. The van der Waals surface area contributed by atoms with E-state index in [0.717, 1.165) is 12.2 Å². The van der Waals surface area contributed by atoms with Gasteiger partial charge < -0.3 is 5.32 Å². The van der Waals surface area contributed by atoms with E-state index in [2.05, 4.69) is 19.2 Å². The van der Waals surface area contributed by atoms with Gasteiger partial charge in [0.2, 0.25) is 0 Å². The van der Waals surface area contributed by atoms with Gasteiger partial charge in [-0.15, -0.1) is 0 Å². The van der Waals surface area contributed by atoms with Crippen molar-refractivity contribution in [1.29, 1.82) is 0 Å². The number of anilines is 1.